The molecule has 0 radical (unpaired) electrons. The molecule has 0 spiro atoms. The van der Waals surface area contributed by atoms with Gasteiger partial charge in [-0.25, -0.2) is 4.39 Å². The van der Waals surface area contributed by atoms with Gasteiger partial charge in [-0.05, 0) is 33.6 Å². The van der Waals surface area contributed by atoms with Crippen molar-refractivity contribution in [2.45, 2.75) is 16.9 Å². The first-order valence-corrected chi connectivity index (χ1v) is 7.80. The zero-order valence-corrected chi connectivity index (χ0v) is 12.4. The molecule has 19 heavy (non-hydrogen) atoms. The Kier molecular flexibility index (Phi) is 3.65. The lowest BCUT2D eigenvalue weighted by atomic mass is 9.90. The van der Waals surface area contributed by atoms with Gasteiger partial charge >= 0.3 is 0 Å². The maximum atomic E-state index is 14.1. The van der Waals surface area contributed by atoms with E-state index < -0.39 is 6.10 Å². The Hall–Kier alpha value is -0.840. The van der Waals surface area contributed by atoms with Gasteiger partial charge in [0.25, 0.3) is 0 Å². The molecule has 2 aromatic rings. The monoisotopic (exact) mass is 338 g/mol. The minimum absolute atomic E-state index is 0.0509. The molecule has 0 saturated heterocycles. The van der Waals surface area contributed by atoms with Gasteiger partial charge in [0.05, 0.1) is 10.6 Å². The van der Waals surface area contributed by atoms with Crippen molar-refractivity contribution >= 4 is 27.7 Å². The van der Waals surface area contributed by atoms with Crippen LogP contribution >= 0.6 is 27.7 Å². The summed E-state index contributed by atoms with van der Waals surface area (Å²) in [6.45, 7) is 0. The van der Waals surface area contributed by atoms with Crippen LogP contribution in [0.15, 0.2) is 51.8 Å². The summed E-state index contributed by atoms with van der Waals surface area (Å²) in [5, 5.41) is 10.5. The van der Waals surface area contributed by atoms with Crippen LogP contribution in [0.3, 0.4) is 0 Å². The van der Waals surface area contributed by atoms with E-state index in [4.69, 9.17) is 0 Å². The minimum atomic E-state index is -0.811. The molecule has 0 bridgehead atoms. The third kappa shape index (κ3) is 2.33. The Morgan fingerprint density at radius 2 is 2.00 bits per heavy atom. The second-order valence-corrected chi connectivity index (χ2v) is 6.46. The number of aliphatic hydroxyl groups is 1. The molecule has 0 aliphatic carbocycles. The fourth-order valence-electron chi connectivity index (χ4n) is 2.41. The number of aliphatic hydroxyl groups excluding tert-OH is 1. The van der Waals surface area contributed by atoms with Crippen molar-refractivity contribution in [3.05, 3.63) is 63.9 Å². The zero-order chi connectivity index (χ0) is 13.4. The largest absolute Gasteiger partial charge is 0.388 e. The summed E-state index contributed by atoms with van der Waals surface area (Å²) in [6, 6.07) is 13.0. The number of benzene rings is 2. The number of hydrogen-bond acceptors (Lipinski definition) is 2. The molecular formula is C15H12BrFOS. The third-order valence-electron chi connectivity index (χ3n) is 3.42. The van der Waals surface area contributed by atoms with Gasteiger partial charge in [-0.1, -0.05) is 30.3 Å². The molecule has 0 saturated carbocycles. The van der Waals surface area contributed by atoms with Gasteiger partial charge in [0, 0.05) is 22.1 Å². The number of rotatable bonds is 2. The van der Waals surface area contributed by atoms with Crippen LogP contribution in [0.25, 0.3) is 0 Å². The fourth-order valence-corrected chi connectivity index (χ4v) is 4.08. The van der Waals surface area contributed by atoms with E-state index >= 15 is 0 Å². The lowest BCUT2D eigenvalue weighted by Gasteiger charge is -2.19. The van der Waals surface area contributed by atoms with Crippen LogP contribution in [-0.2, 0) is 0 Å². The second-order valence-electron chi connectivity index (χ2n) is 4.54. The quantitative estimate of drug-likeness (QED) is 0.869. The van der Waals surface area contributed by atoms with Crippen LogP contribution in [-0.4, -0.2) is 10.9 Å². The first-order valence-electron chi connectivity index (χ1n) is 6.02. The summed E-state index contributed by atoms with van der Waals surface area (Å²) in [4.78, 5) is 1.18. The topological polar surface area (TPSA) is 20.2 Å². The van der Waals surface area contributed by atoms with Gasteiger partial charge < -0.3 is 5.11 Å². The van der Waals surface area contributed by atoms with Crippen molar-refractivity contribution in [1.82, 2.24) is 0 Å². The van der Waals surface area contributed by atoms with Crippen molar-refractivity contribution in [1.29, 1.82) is 0 Å². The maximum absolute atomic E-state index is 14.1. The van der Waals surface area contributed by atoms with Crippen molar-refractivity contribution in [2.24, 2.45) is 0 Å². The smallest absolute Gasteiger partial charge is 0.143 e. The Morgan fingerprint density at radius 3 is 2.84 bits per heavy atom. The first kappa shape index (κ1) is 13.2. The van der Waals surface area contributed by atoms with Crippen LogP contribution in [0.1, 0.15) is 23.1 Å². The Balaban J connectivity index is 1.98. The van der Waals surface area contributed by atoms with Crippen LogP contribution in [0.4, 0.5) is 4.39 Å². The van der Waals surface area contributed by atoms with Gasteiger partial charge in [-0.3, -0.25) is 0 Å². The Labute approximate surface area is 124 Å². The molecule has 0 amide bonds. The second kappa shape index (κ2) is 5.27. The maximum Gasteiger partial charge on any atom is 0.143 e. The molecule has 1 aliphatic rings. The number of thioether (sulfide) groups is 1. The Bertz CT molecular complexity index is 617. The van der Waals surface area contributed by atoms with Gasteiger partial charge in [0.1, 0.15) is 5.82 Å². The highest BCUT2D eigenvalue weighted by molar-refractivity contribution is 9.10. The molecule has 1 aliphatic heterocycles. The number of hydrogen-bond donors (Lipinski definition) is 1. The van der Waals surface area contributed by atoms with Crippen LogP contribution in [0.5, 0.6) is 0 Å². The highest BCUT2D eigenvalue weighted by atomic mass is 79.9. The van der Waals surface area contributed by atoms with Gasteiger partial charge in [-0.15, -0.1) is 11.8 Å². The summed E-state index contributed by atoms with van der Waals surface area (Å²) in [7, 11) is 0. The molecule has 4 heteroatoms. The van der Waals surface area contributed by atoms with E-state index in [1.807, 2.05) is 24.3 Å². The lowest BCUT2D eigenvalue weighted by molar-refractivity contribution is 0.149. The number of fused-ring (bicyclic) bond motifs is 1. The molecule has 2 aromatic carbocycles. The van der Waals surface area contributed by atoms with Crippen molar-refractivity contribution in [2.75, 3.05) is 5.75 Å². The first-order chi connectivity index (χ1) is 9.18. The number of halogens is 2. The summed E-state index contributed by atoms with van der Waals surface area (Å²) in [5.74, 6) is 0.362. The summed E-state index contributed by atoms with van der Waals surface area (Å²) in [5.41, 5.74) is 1.47. The predicted molar refractivity (Wildman–Crippen MR) is 79.0 cm³/mol. The Morgan fingerprint density at radius 1 is 1.21 bits per heavy atom. The standard InChI is InChI=1S/C15H12BrFOS/c16-12-6-3-5-10(14(12)17)15(18)11-8-19-13-7-2-1-4-9(11)13/h1-7,11,15,18H,8H2. The van der Waals surface area contributed by atoms with Crippen molar-refractivity contribution in [3.63, 3.8) is 0 Å². The van der Waals surface area contributed by atoms with E-state index in [1.165, 1.54) is 4.90 Å². The molecule has 1 heterocycles. The fraction of sp³-hybridized carbons (Fsp3) is 0.200. The summed E-state index contributed by atoms with van der Waals surface area (Å²) < 4.78 is 14.5. The van der Waals surface area contributed by atoms with Crippen LogP contribution in [0.2, 0.25) is 0 Å². The molecular weight excluding hydrogens is 327 g/mol. The predicted octanol–water partition coefficient (Wildman–Crippen LogP) is 4.51. The lowest BCUT2D eigenvalue weighted by Crippen LogP contribution is -2.12. The average Bonchev–Trinajstić information content (AvgIpc) is 2.85. The SMILES string of the molecule is OC(c1cccc(Br)c1F)C1CSc2ccccc21. The average molecular weight is 339 g/mol. The third-order valence-corrected chi connectivity index (χ3v) is 5.24. The molecule has 0 aromatic heterocycles. The molecule has 98 valence electrons. The zero-order valence-electron chi connectivity index (χ0n) is 10.0. The molecule has 3 rings (SSSR count). The molecule has 0 fully saturated rings. The van der Waals surface area contributed by atoms with Crippen molar-refractivity contribution in [3.8, 4) is 0 Å². The normalized spacial score (nSPS) is 19.2. The van der Waals surface area contributed by atoms with E-state index in [2.05, 4.69) is 15.9 Å². The van der Waals surface area contributed by atoms with E-state index in [0.717, 1.165) is 11.3 Å². The van der Waals surface area contributed by atoms with E-state index in [-0.39, 0.29) is 11.7 Å². The van der Waals surface area contributed by atoms with Gasteiger partial charge in [-0.2, -0.15) is 0 Å². The molecule has 2 unspecified atom stereocenters. The van der Waals surface area contributed by atoms with E-state index in [9.17, 15) is 9.50 Å². The molecule has 2 atom stereocenters. The summed E-state index contributed by atoms with van der Waals surface area (Å²) >= 11 is 4.88. The van der Waals surface area contributed by atoms with E-state index in [0.29, 0.717) is 10.0 Å². The van der Waals surface area contributed by atoms with Crippen molar-refractivity contribution < 1.29 is 9.50 Å². The van der Waals surface area contributed by atoms with Crippen LogP contribution < -0.4 is 0 Å². The van der Waals surface area contributed by atoms with Gasteiger partial charge in [0.15, 0.2) is 0 Å². The van der Waals surface area contributed by atoms with Crippen LogP contribution in [0, 0.1) is 5.82 Å². The molecule has 1 nitrogen and oxygen atoms in total. The molecule has 1 N–H and O–H groups in total. The highest BCUT2D eigenvalue weighted by Crippen LogP contribution is 2.46. The minimum Gasteiger partial charge on any atom is -0.388 e. The van der Waals surface area contributed by atoms with Gasteiger partial charge in [0.2, 0.25) is 0 Å². The highest BCUT2D eigenvalue weighted by Gasteiger charge is 2.31. The van der Waals surface area contributed by atoms with E-state index in [1.54, 1.807) is 30.0 Å². The summed E-state index contributed by atoms with van der Waals surface area (Å²) in [6.07, 6.45) is -0.811.